The van der Waals surface area contributed by atoms with Gasteiger partial charge in [-0.1, -0.05) is 0 Å². The molecule has 1 aromatic rings. The fourth-order valence-corrected chi connectivity index (χ4v) is 2.79. The largest absolute Gasteiger partial charge is 0.481 e. The number of hydrogen-bond donors (Lipinski definition) is 1. The zero-order valence-corrected chi connectivity index (χ0v) is 12.4. The van der Waals surface area contributed by atoms with Gasteiger partial charge in [-0.2, -0.15) is 5.10 Å². The minimum atomic E-state index is 0.494. The molecule has 0 radical (unpaired) electrons. The molecule has 0 bridgehead atoms. The van der Waals surface area contributed by atoms with Crippen molar-refractivity contribution in [3.8, 4) is 5.88 Å². The molecule has 0 saturated carbocycles. The van der Waals surface area contributed by atoms with E-state index in [1.807, 2.05) is 14.0 Å². The van der Waals surface area contributed by atoms with Crippen LogP contribution < -0.4 is 10.1 Å². The summed E-state index contributed by atoms with van der Waals surface area (Å²) in [5, 5.41) is 8.01. The van der Waals surface area contributed by atoms with E-state index in [9.17, 15) is 0 Å². The highest BCUT2D eigenvalue weighted by Gasteiger charge is 2.21. The number of methoxy groups -OCH3 is 1. The quantitative estimate of drug-likeness (QED) is 0.881. The van der Waals surface area contributed by atoms with E-state index < -0.39 is 0 Å². The average molecular weight is 267 g/mol. The Balaban J connectivity index is 1.94. The first-order valence-corrected chi connectivity index (χ1v) is 7.01. The molecular formula is C14H25N3O2. The smallest absolute Gasteiger partial charge is 0.216 e. The molecule has 0 aliphatic carbocycles. The zero-order chi connectivity index (χ0) is 13.8. The number of aryl methyl sites for hydroxylation is 2. The van der Waals surface area contributed by atoms with Gasteiger partial charge in [0.05, 0.1) is 18.4 Å². The zero-order valence-electron chi connectivity index (χ0n) is 12.4. The second kappa shape index (κ2) is 6.39. The van der Waals surface area contributed by atoms with Crippen LogP contribution in [0.25, 0.3) is 0 Å². The monoisotopic (exact) mass is 267 g/mol. The molecule has 2 rings (SSSR count). The van der Waals surface area contributed by atoms with Crippen LogP contribution in [0, 0.1) is 12.8 Å². The Morgan fingerprint density at radius 3 is 2.79 bits per heavy atom. The SMILES string of the molecule is COc1c(CNC(C)C2CCOCC2)c(C)nn1C. The summed E-state index contributed by atoms with van der Waals surface area (Å²) in [6, 6.07) is 0.494. The van der Waals surface area contributed by atoms with Crippen LogP contribution >= 0.6 is 0 Å². The van der Waals surface area contributed by atoms with Crippen molar-refractivity contribution in [1.29, 1.82) is 0 Å². The maximum Gasteiger partial charge on any atom is 0.216 e. The standard InChI is InChI=1S/C14H25N3O2/c1-10(12-5-7-19-8-6-12)15-9-13-11(2)16-17(3)14(13)18-4/h10,12,15H,5-9H2,1-4H3. The molecule has 1 aliphatic rings. The van der Waals surface area contributed by atoms with E-state index in [0.717, 1.165) is 49.7 Å². The van der Waals surface area contributed by atoms with Crippen LogP contribution in [0.3, 0.4) is 0 Å². The highest BCUT2D eigenvalue weighted by molar-refractivity contribution is 5.30. The van der Waals surface area contributed by atoms with Crippen LogP contribution in [0.2, 0.25) is 0 Å². The molecule has 5 nitrogen and oxygen atoms in total. The van der Waals surface area contributed by atoms with Gasteiger partial charge in [0.2, 0.25) is 5.88 Å². The summed E-state index contributed by atoms with van der Waals surface area (Å²) >= 11 is 0. The van der Waals surface area contributed by atoms with Gasteiger partial charge < -0.3 is 14.8 Å². The predicted octanol–water partition coefficient (Wildman–Crippen LogP) is 1.64. The van der Waals surface area contributed by atoms with Crippen LogP contribution in [0.15, 0.2) is 0 Å². The van der Waals surface area contributed by atoms with Crippen molar-refractivity contribution in [2.75, 3.05) is 20.3 Å². The fraction of sp³-hybridized carbons (Fsp3) is 0.786. The number of aromatic nitrogens is 2. The molecule has 1 aliphatic heterocycles. The van der Waals surface area contributed by atoms with Crippen LogP contribution in [0.4, 0.5) is 0 Å². The summed E-state index contributed by atoms with van der Waals surface area (Å²) in [7, 11) is 3.61. The van der Waals surface area contributed by atoms with Gasteiger partial charge in [-0.25, -0.2) is 4.68 Å². The third-order valence-electron chi connectivity index (χ3n) is 4.06. The van der Waals surface area contributed by atoms with E-state index in [-0.39, 0.29) is 0 Å². The van der Waals surface area contributed by atoms with Gasteiger partial charge in [0.15, 0.2) is 0 Å². The van der Waals surface area contributed by atoms with Gasteiger partial charge in [-0.15, -0.1) is 0 Å². The average Bonchev–Trinajstić information content (AvgIpc) is 2.70. The molecule has 1 N–H and O–H groups in total. The van der Waals surface area contributed by atoms with Crippen molar-refractivity contribution in [1.82, 2.24) is 15.1 Å². The topological polar surface area (TPSA) is 48.3 Å². The maximum absolute atomic E-state index is 5.42. The van der Waals surface area contributed by atoms with Gasteiger partial charge in [0.1, 0.15) is 0 Å². The minimum absolute atomic E-state index is 0.494. The van der Waals surface area contributed by atoms with E-state index in [1.54, 1.807) is 11.8 Å². The summed E-state index contributed by atoms with van der Waals surface area (Å²) in [5.74, 6) is 1.56. The molecule has 2 heterocycles. The van der Waals surface area contributed by atoms with Crippen LogP contribution in [-0.4, -0.2) is 36.1 Å². The first-order chi connectivity index (χ1) is 9.13. The Labute approximate surface area is 115 Å². The Morgan fingerprint density at radius 1 is 1.47 bits per heavy atom. The Kier molecular flexibility index (Phi) is 4.82. The highest BCUT2D eigenvalue weighted by Crippen LogP contribution is 2.22. The number of rotatable bonds is 5. The maximum atomic E-state index is 5.42. The normalized spacial score (nSPS) is 18.5. The van der Waals surface area contributed by atoms with Crippen LogP contribution in [0.1, 0.15) is 31.0 Å². The predicted molar refractivity (Wildman–Crippen MR) is 74.3 cm³/mol. The van der Waals surface area contributed by atoms with Gasteiger partial charge >= 0.3 is 0 Å². The first kappa shape index (κ1) is 14.3. The number of hydrogen-bond acceptors (Lipinski definition) is 4. The molecule has 1 saturated heterocycles. The Hall–Kier alpha value is -1.07. The molecule has 5 heteroatoms. The van der Waals surface area contributed by atoms with Crippen molar-refractivity contribution in [3.63, 3.8) is 0 Å². The summed E-state index contributed by atoms with van der Waals surface area (Å²) in [6.45, 7) is 6.88. The number of nitrogens with zero attached hydrogens (tertiary/aromatic N) is 2. The van der Waals surface area contributed by atoms with Crippen molar-refractivity contribution < 1.29 is 9.47 Å². The van der Waals surface area contributed by atoms with Crippen LogP contribution in [-0.2, 0) is 18.3 Å². The number of ether oxygens (including phenoxy) is 2. The molecule has 1 fully saturated rings. The van der Waals surface area contributed by atoms with Gasteiger partial charge in [0, 0.05) is 32.8 Å². The van der Waals surface area contributed by atoms with Crippen molar-refractivity contribution >= 4 is 0 Å². The lowest BCUT2D eigenvalue weighted by molar-refractivity contribution is 0.0557. The second-order valence-electron chi connectivity index (χ2n) is 5.32. The van der Waals surface area contributed by atoms with Gasteiger partial charge in [-0.05, 0) is 32.6 Å². The van der Waals surface area contributed by atoms with Crippen molar-refractivity contribution in [3.05, 3.63) is 11.3 Å². The summed E-state index contributed by atoms with van der Waals surface area (Å²) in [6.07, 6.45) is 2.30. The van der Waals surface area contributed by atoms with E-state index >= 15 is 0 Å². The molecule has 0 amide bonds. The highest BCUT2D eigenvalue weighted by atomic mass is 16.5. The second-order valence-corrected chi connectivity index (χ2v) is 5.32. The van der Waals surface area contributed by atoms with Crippen LogP contribution in [0.5, 0.6) is 5.88 Å². The summed E-state index contributed by atoms with van der Waals surface area (Å²) in [5.41, 5.74) is 2.19. The molecule has 1 atom stereocenters. The molecule has 19 heavy (non-hydrogen) atoms. The van der Waals surface area contributed by atoms with Gasteiger partial charge in [0.25, 0.3) is 0 Å². The lowest BCUT2D eigenvalue weighted by Crippen LogP contribution is -2.36. The number of nitrogens with one attached hydrogen (secondary N) is 1. The van der Waals surface area contributed by atoms with E-state index in [4.69, 9.17) is 9.47 Å². The summed E-state index contributed by atoms with van der Waals surface area (Å²) in [4.78, 5) is 0. The fourth-order valence-electron chi connectivity index (χ4n) is 2.79. The third kappa shape index (κ3) is 3.28. The minimum Gasteiger partial charge on any atom is -0.481 e. The van der Waals surface area contributed by atoms with E-state index in [2.05, 4.69) is 17.3 Å². The summed E-state index contributed by atoms with van der Waals surface area (Å²) < 4.78 is 12.6. The Morgan fingerprint density at radius 2 is 2.16 bits per heavy atom. The molecule has 0 aromatic carbocycles. The third-order valence-corrected chi connectivity index (χ3v) is 4.06. The van der Waals surface area contributed by atoms with E-state index in [1.165, 1.54) is 0 Å². The molecular weight excluding hydrogens is 242 g/mol. The molecule has 1 aromatic heterocycles. The molecule has 108 valence electrons. The molecule has 0 spiro atoms. The lowest BCUT2D eigenvalue weighted by Gasteiger charge is -2.28. The van der Waals surface area contributed by atoms with Crippen molar-refractivity contribution in [2.45, 2.75) is 39.3 Å². The first-order valence-electron chi connectivity index (χ1n) is 7.01. The van der Waals surface area contributed by atoms with Gasteiger partial charge in [-0.3, -0.25) is 0 Å². The van der Waals surface area contributed by atoms with Crippen molar-refractivity contribution in [2.24, 2.45) is 13.0 Å². The van der Waals surface area contributed by atoms with E-state index in [0.29, 0.717) is 12.0 Å². The lowest BCUT2D eigenvalue weighted by atomic mass is 9.93. The Bertz CT molecular complexity index is 411. The molecule has 1 unspecified atom stereocenters.